The SMILES string of the molecule is Cc1nc(Nc2ccccc2)cc(-n2nc(Nc3cccc(N(C)C)c3)nc2N)n1. The zero-order chi connectivity index (χ0) is 21.1. The maximum Gasteiger partial charge on any atom is 0.248 e. The molecule has 2 aromatic heterocycles. The number of anilines is 6. The van der Waals surface area contributed by atoms with Gasteiger partial charge in [-0.3, -0.25) is 0 Å². The molecule has 0 atom stereocenters. The molecule has 0 radical (unpaired) electrons. The molecule has 0 fully saturated rings. The molecular formula is C21H23N9. The normalized spacial score (nSPS) is 10.6. The van der Waals surface area contributed by atoms with Crippen LogP contribution in [0.15, 0.2) is 60.7 Å². The first-order valence-corrected chi connectivity index (χ1v) is 9.43. The Kier molecular flexibility index (Phi) is 5.17. The molecule has 0 saturated heterocycles. The lowest BCUT2D eigenvalue weighted by Gasteiger charge is -2.13. The predicted molar refractivity (Wildman–Crippen MR) is 120 cm³/mol. The fourth-order valence-corrected chi connectivity index (χ4v) is 2.93. The maximum atomic E-state index is 6.12. The Hall–Kier alpha value is -4.14. The van der Waals surface area contributed by atoms with Crippen molar-refractivity contribution < 1.29 is 0 Å². The Morgan fingerprint density at radius 3 is 2.40 bits per heavy atom. The van der Waals surface area contributed by atoms with E-state index in [1.54, 1.807) is 6.07 Å². The number of hydrogen-bond acceptors (Lipinski definition) is 8. The third kappa shape index (κ3) is 4.30. The molecule has 9 heteroatoms. The first-order chi connectivity index (χ1) is 14.5. The van der Waals surface area contributed by atoms with E-state index in [1.165, 1.54) is 4.68 Å². The summed E-state index contributed by atoms with van der Waals surface area (Å²) in [6, 6.07) is 19.5. The van der Waals surface area contributed by atoms with Crippen LogP contribution in [-0.4, -0.2) is 38.8 Å². The van der Waals surface area contributed by atoms with Gasteiger partial charge in [0, 0.05) is 37.2 Å². The second kappa shape index (κ2) is 8.08. The number of nitrogen functional groups attached to an aromatic ring is 1. The van der Waals surface area contributed by atoms with Crippen molar-refractivity contribution in [1.29, 1.82) is 0 Å². The number of rotatable bonds is 6. The molecule has 0 aliphatic carbocycles. The lowest BCUT2D eigenvalue weighted by molar-refractivity contribution is 0.841. The number of hydrogen-bond donors (Lipinski definition) is 3. The molecule has 0 spiro atoms. The monoisotopic (exact) mass is 401 g/mol. The third-order valence-corrected chi connectivity index (χ3v) is 4.34. The molecule has 4 aromatic rings. The molecular weight excluding hydrogens is 378 g/mol. The van der Waals surface area contributed by atoms with E-state index in [1.807, 2.05) is 80.5 Å². The minimum absolute atomic E-state index is 0.227. The summed E-state index contributed by atoms with van der Waals surface area (Å²) >= 11 is 0. The van der Waals surface area contributed by atoms with Crippen LogP contribution in [0, 0.1) is 6.92 Å². The van der Waals surface area contributed by atoms with Gasteiger partial charge in [0.1, 0.15) is 11.6 Å². The molecule has 2 aromatic carbocycles. The lowest BCUT2D eigenvalue weighted by atomic mass is 10.2. The highest BCUT2D eigenvalue weighted by Crippen LogP contribution is 2.22. The van der Waals surface area contributed by atoms with Gasteiger partial charge in [0.25, 0.3) is 0 Å². The second-order valence-electron chi connectivity index (χ2n) is 6.92. The van der Waals surface area contributed by atoms with Crippen LogP contribution in [-0.2, 0) is 0 Å². The minimum Gasteiger partial charge on any atom is -0.378 e. The van der Waals surface area contributed by atoms with Crippen LogP contribution >= 0.6 is 0 Å². The van der Waals surface area contributed by atoms with Gasteiger partial charge >= 0.3 is 0 Å². The van der Waals surface area contributed by atoms with E-state index in [2.05, 4.69) is 30.7 Å². The topological polar surface area (TPSA) is 110 Å². The minimum atomic E-state index is 0.227. The van der Waals surface area contributed by atoms with E-state index >= 15 is 0 Å². The number of benzene rings is 2. The van der Waals surface area contributed by atoms with Crippen molar-refractivity contribution in [3.8, 4) is 5.82 Å². The van der Waals surface area contributed by atoms with Crippen molar-refractivity contribution in [2.75, 3.05) is 35.4 Å². The van der Waals surface area contributed by atoms with Gasteiger partial charge in [0.2, 0.25) is 11.9 Å². The van der Waals surface area contributed by atoms with E-state index < -0.39 is 0 Å². The number of aromatic nitrogens is 5. The van der Waals surface area contributed by atoms with Crippen LogP contribution in [0.4, 0.5) is 34.8 Å². The fraction of sp³-hybridized carbons (Fsp3) is 0.143. The van der Waals surface area contributed by atoms with Crippen LogP contribution < -0.4 is 21.3 Å². The van der Waals surface area contributed by atoms with Crippen molar-refractivity contribution in [2.24, 2.45) is 0 Å². The number of nitrogens with two attached hydrogens (primary N) is 1. The number of aryl methyl sites for hydroxylation is 1. The summed E-state index contributed by atoms with van der Waals surface area (Å²) in [5.41, 5.74) is 8.98. The van der Waals surface area contributed by atoms with Crippen LogP contribution in [0.5, 0.6) is 0 Å². The molecule has 0 aliphatic rings. The molecule has 9 nitrogen and oxygen atoms in total. The van der Waals surface area contributed by atoms with Crippen molar-refractivity contribution in [2.45, 2.75) is 6.92 Å². The van der Waals surface area contributed by atoms with E-state index in [9.17, 15) is 0 Å². The standard InChI is InChI=1S/C21H23N9/c1-14-23-18(25-15-8-5-4-6-9-15)13-19(24-14)30-20(22)27-21(28-30)26-16-10-7-11-17(12-16)29(2)3/h4-13H,1-3H3,(H,23,24,25)(H3,22,26,27,28). The smallest absolute Gasteiger partial charge is 0.248 e. The summed E-state index contributed by atoms with van der Waals surface area (Å²) in [5.74, 6) is 2.38. The fourth-order valence-electron chi connectivity index (χ4n) is 2.93. The number of para-hydroxylation sites is 1. The zero-order valence-electron chi connectivity index (χ0n) is 17.0. The van der Waals surface area contributed by atoms with Gasteiger partial charge in [-0.15, -0.1) is 5.10 Å². The highest BCUT2D eigenvalue weighted by molar-refractivity contribution is 5.62. The number of nitrogens with zero attached hydrogens (tertiary/aromatic N) is 6. The van der Waals surface area contributed by atoms with Gasteiger partial charge in [-0.1, -0.05) is 24.3 Å². The summed E-state index contributed by atoms with van der Waals surface area (Å²) in [6.07, 6.45) is 0. The van der Waals surface area contributed by atoms with Gasteiger partial charge in [0.05, 0.1) is 0 Å². The second-order valence-corrected chi connectivity index (χ2v) is 6.92. The summed E-state index contributed by atoms with van der Waals surface area (Å²) in [6.45, 7) is 1.82. The molecule has 2 heterocycles. The Labute approximate surface area is 174 Å². The van der Waals surface area contributed by atoms with E-state index in [-0.39, 0.29) is 5.95 Å². The van der Waals surface area contributed by atoms with Crippen molar-refractivity contribution in [3.63, 3.8) is 0 Å². The Morgan fingerprint density at radius 2 is 1.63 bits per heavy atom. The summed E-state index contributed by atoms with van der Waals surface area (Å²) in [5, 5.41) is 10.9. The summed E-state index contributed by atoms with van der Waals surface area (Å²) in [4.78, 5) is 15.2. The van der Waals surface area contributed by atoms with Crippen LogP contribution in [0.3, 0.4) is 0 Å². The molecule has 0 bridgehead atoms. The van der Waals surface area contributed by atoms with Crippen molar-refractivity contribution in [3.05, 3.63) is 66.5 Å². The number of nitrogens with one attached hydrogen (secondary N) is 2. The molecule has 152 valence electrons. The molecule has 30 heavy (non-hydrogen) atoms. The zero-order valence-corrected chi connectivity index (χ0v) is 17.0. The molecule has 4 rings (SSSR count). The Morgan fingerprint density at radius 1 is 0.867 bits per heavy atom. The first kappa shape index (κ1) is 19.2. The van der Waals surface area contributed by atoms with Crippen LogP contribution in [0.1, 0.15) is 5.82 Å². The van der Waals surface area contributed by atoms with Gasteiger partial charge in [-0.25, -0.2) is 9.97 Å². The molecule has 0 saturated carbocycles. The predicted octanol–water partition coefficient (Wildman–Crippen LogP) is 3.50. The Bertz CT molecular complexity index is 1150. The molecule has 0 unspecified atom stereocenters. The first-order valence-electron chi connectivity index (χ1n) is 9.43. The molecule has 0 amide bonds. The maximum absolute atomic E-state index is 6.12. The Balaban J connectivity index is 1.61. The van der Waals surface area contributed by atoms with Gasteiger partial charge < -0.3 is 21.3 Å². The third-order valence-electron chi connectivity index (χ3n) is 4.34. The molecule has 4 N–H and O–H groups in total. The largest absolute Gasteiger partial charge is 0.378 e. The highest BCUT2D eigenvalue weighted by Gasteiger charge is 2.13. The van der Waals surface area contributed by atoms with Crippen LogP contribution in [0.25, 0.3) is 5.82 Å². The van der Waals surface area contributed by atoms with Crippen molar-refractivity contribution >= 4 is 34.8 Å². The highest BCUT2D eigenvalue weighted by atomic mass is 15.4. The van der Waals surface area contributed by atoms with Gasteiger partial charge in [-0.2, -0.15) is 9.67 Å². The molecule has 0 aliphatic heterocycles. The summed E-state index contributed by atoms with van der Waals surface area (Å²) < 4.78 is 1.49. The quantitative estimate of drug-likeness (QED) is 0.450. The van der Waals surface area contributed by atoms with Crippen molar-refractivity contribution in [1.82, 2.24) is 24.7 Å². The lowest BCUT2D eigenvalue weighted by Crippen LogP contribution is -2.08. The van der Waals surface area contributed by atoms with Crippen LogP contribution in [0.2, 0.25) is 0 Å². The van der Waals surface area contributed by atoms with Gasteiger partial charge in [-0.05, 0) is 37.3 Å². The summed E-state index contributed by atoms with van der Waals surface area (Å²) in [7, 11) is 3.98. The van der Waals surface area contributed by atoms with E-state index in [0.717, 1.165) is 17.1 Å². The van der Waals surface area contributed by atoms with E-state index in [0.29, 0.717) is 23.4 Å². The average molecular weight is 401 g/mol. The van der Waals surface area contributed by atoms with E-state index in [4.69, 9.17) is 5.73 Å². The van der Waals surface area contributed by atoms with Gasteiger partial charge in [0.15, 0.2) is 5.82 Å². The average Bonchev–Trinajstić information content (AvgIpc) is 3.08.